The first-order valence-corrected chi connectivity index (χ1v) is 9.20. The first-order chi connectivity index (χ1) is 13.8. The maximum absolute atomic E-state index is 13.8. The molecule has 0 spiro atoms. The maximum Gasteiger partial charge on any atom is 0.387 e. The van der Waals surface area contributed by atoms with E-state index in [1.807, 2.05) is 0 Å². The molecular formula is C19H16ClF3N4OS. The molecule has 0 radical (unpaired) electrons. The summed E-state index contributed by atoms with van der Waals surface area (Å²) in [6.45, 7) is -1.04. The van der Waals surface area contributed by atoms with E-state index < -0.39 is 6.61 Å². The Kier molecular flexibility index (Phi) is 6.60. The van der Waals surface area contributed by atoms with Crippen molar-refractivity contribution in [2.45, 2.75) is 20.1 Å². The number of rotatable bonds is 6. The summed E-state index contributed by atoms with van der Waals surface area (Å²) in [6, 6.07) is 11.1. The molecule has 10 heteroatoms. The van der Waals surface area contributed by atoms with Gasteiger partial charge in [-0.15, -0.1) is 0 Å². The predicted octanol–water partition coefficient (Wildman–Crippen LogP) is 5.44. The van der Waals surface area contributed by atoms with E-state index in [1.54, 1.807) is 37.3 Å². The fourth-order valence-electron chi connectivity index (χ4n) is 2.55. The largest absolute Gasteiger partial charge is 0.433 e. The summed E-state index contributed by atoms with van der Waals surface area (Å²) in [5.74, 6) is -0.152. The summed E-state index contributed by atoms with van der Waals surface area (Å²) in [5, 5.41) is 10.2. The standard InChI is InChI=1S/C19H16ClF3N4OS/c1-11-6-7-15(16(8-11)28-18(22)23)24-19(29)25-17-13(20)10-27(26-17)9-12-4-2-3-5-14(12)21/h2-8,10,18H,9H2,1H3,(H2,24,25,26,29). The molecule has 29 heavy (non-hydrogen) atoms. The Morgan fingerprint density at radius 2 is 2.00 bits per heavy atom. The van der Waals surface area contributed by atoms with Crippen LogP contribution in [-0.4, -0.2) is 21.5 Å². The molecule has 0 atom stereocenters. The van der Waals surface area contributed by atoms with Crippen LogP contribution in [0.15, 0.2) is 48.7 Å². The molecule has 0 amide bonds. The number of benzene rings is 2. The first-order valence-electron chi connectivity index (χ1n) is 8.41. The number of halogens is 4. The van der Waals surface area contributed by atoms with Crippen molar-refractivity contribution in [1.82, 2.24) is 9.78 Å². The van der Waals surface area contributed by atoms with Gasteiger partial charge < -0.3 is 15.4 Å². The molecule has 1 aromatic heterocycles. The second-order valence-corrected chi connectivity index (χ2v) is 6.89. The highest BCUT2D eigenvalue weighted by atomic mass is 35.5. The molecule has 5 nitrogen and oxygen atoms in total. The van der Waals surface area contributed by atoms with Crippen molar-refractivity contribution in [1.29, 1.82) is 0 Å². The number of nitrogens with one attached hydrogen (secondary N) is 2. The van der Waals surface area contributed by atoms with Gasteiger partial charge in [0.25, 0.3) is 0 Å². The lowest BCUT2D eigenvalue weighted by Crippen LogP contribution is -2.20. The monoisotopic (exact) mass is 440 g/mol. The van der Waals surface area contributed by atoms with Gasteiger partial charge in [0.05, 0.1) is 12.2 Å². The number of nitrogens with zero attached hydrogens (tertiary/aromatic N) is 2. The number of aromatic nitrogens is 2. The summed E-state index contributed by atoms with van der Waals surface area (Å²) in [7, 11) is 0. The van der Waals surface area contributed by atoms with Gasteiger partial charge in [0.15, 0.2) is 10.9 Å². The average molecular weight is 441 g/mol. The predicted molar refractivity (Wildman–Crippen MR) is 110 cm³/mol. The molecule has 152 valence electrons. The molecule has 2 aromatic carbocycles. The molecule has 0 unspecified atom stereocenters. The maximum atomic E-state index is 13.8. The average Bonchev–Trinajstić information content (AvgIpc) is 2.98. The number of anilines is 2. The van der Waals surface area contributed by atoms with Crippen molar-refractivity contribution in [2.24, 2.45) is 0 Å². The molecule has 0 aliphatic rings. The van der Waals surface area contributed by atoms with Crippen LogP contribution in [-0.2, 0) is 6.54 Å². The van der Waals surface area contributed by atoms with Gasteiger partial charge in [0.1, 0.15) is 16.6 Å². The van der Waals surface area contributed by atoms with Gasteiger partial charge in [0.2, 0.25) is 0 Å². The van der Waals surface area contributed by atoms with E-state index in [4.69, 9.17) is 23.8 Å². The van der Waals surface area contributed by atoms with Crippen molar-refractivity contribution in [3.05, 3.63) is 70.6 Å². The van der Waals surface area contributed by atoms with E-state index in [0.717, 1.165) is 5.56 Å². The van der Waals surface area contributed by atoms with Gasteiger partial charge in [-0.2, -0.15) is 13.9 Å². The molecule has 0 saturated heterocycles. The minimum Gasteiger partial charge on any atom is -0.433 e. The summed E-state index contributed by atoms with van der Waals surface area (Å²) in [4.78, 5) is 0. The second-order valence-electron chi connectivity index (χ2n) is 6.07. The highest BCUT2D eigenvalue weighted by Gasteiger charge is 2.14. The van der Waals surface area contributed by atoms with Crippen LogP contribution >= 0.6 is 23.8 Å². The number of thiocarbonyl (C=S) groups is 1. The fourth-order valence-corrected chi connectivity index (χ4v) is 2.96. The Labute approximate surface area is 175 Å². The molecule has 2 N–H and O–H groups in total. The molecule has 0 bridgehead atoms. The Morgan fingerprint density at radius 1 is 1.24 bits per heavy atom. The summed E-state index contributed by atoms with van der Waals surface area (Å²) < 4.78 is 45.0. The highest BCUT2D eigenvalue weighted by molar-refractivity contribution is 7.80. The molecule has 0 aliphatic carbocycles. The molecule has 3 rings (SSSR count). The topological polar surface area (TPSA) is 51.1 Å². The van der Waals surface area contributed by atoms with Crippen LogP contribution in [0.25, 0.3) is 0 Å². The van der Waals surface area contributed by atoms with Gasteiger partial charge in [0, 0.05) is 11.8 Å². The highest BCUT2D eigenvalue weighted by Crippen LogP contribution is 2.28. The lowest BCUT2D eigenvalue weighted by Gasteiger charge is -2.14. The van der Waals surface area contributed by atoms with Crippen molar-refractivity contribution in [2.75, 3.05) is 10.6 Å². The normalized spacial score (nSPS) is 10.8. The first kappa shape index (κ1) is 20.9. The molecule has 3 aromatic rings. The van der Waals surface area contributed by atoms with Crippen LogP contribution in [0, 0.1) is 12.7 Å². The number of alkyl halides is 2. The quantitative estimate of drug-likeness (QED) is 0.500. The molecule has 0 aliphatic heterocycles. The van der Waals surface area contributed by atoms with Gasteiger partial charge in [-0.1, -0.05) is 35.9 Å². The SMILES string of the molecule is Cc1ccc(NC(=S)Nc2nn(Cc3ccccc3F)cc2Cl)c(OC(F)F)c1. The third-order valence-electron chi connectivity index (χ3n) is 3.84. The number of hydrogen-bond acceptors (Lipinski definition) is 3. The lowest BCUT2D eigenvalue weighted by atomic mass is 10.2. The van der Waals surface area contributed by atoms with Crippen molar-refractivity contribution >= 4 is 40.4 Å². The Hall–Kier alpha value is -2.78. The van der Waals surface area contributed by atoms with Gasteiger partial charge in [-0.25, -0.2) is 4.39 Å². The van der Waals surface area contributed by atoms with Gasteiger partial charge >= 0.3 is 6.61 Å². The Balaban J connectivity index is 1.70. The summed E-state index contributed by atoms with van der Waals surface area (Å²) in [5.41, 5.74) is 1.46. The molecular weight excluding hydrogens is 425 g/mol. The van der Waals surface area contributed by atoms with Gasteiger partial charge in [-0.05, 0) is 42.9 Å². The van der Waals surface area contributed by atoms with Crippen LogP contribution in [0.2, 0.25) is 5.02 Å². The van der Waals surface area contributed by atoms with Crippen LogP contribution < -0.4 is 15.4 Å². The summed E-state index contributed by atoms with van der Waals surface area (Å²) >= 11 is 11.4. The number of hydrogen-bond donors (Lipinski definition) is 2. The molecule has 0 saturated carbocycles. The Morgan fingerprint density at radius 3 is 2.72 bits per heavy atom. The van der Waals surface area contributed by atoms with E-state index in [0.29, 0.717) is 5.56 Å². The number of ether oxygens (including phenoxy) is 1. The smallest absolute Gasteiger partial charge is 0.387 e. The van der Waals surface area contributed by atoms with Crippen molar-refractivity contribution in [3.63, 3.8) is 0 Å². The van der Waals surface area contributed by atoms with Crippen molar-refractivity contribution in [3.8, 4) is 5.75 Å². The fraction of sp³-hybridized carbons (Fsp3) is 0.158. The second kappa shape index (κ2) is 9.15. The lowest BCUT2D eigenvalue weighted by molar-refractivity contribution is -0.0493. The zero-order valence-electron chi connectivity index (χ0n) is 15.1. The zero-order valence-corrected chi connectivity index (χ0v) is 16.7. The van der Waals surface area contributed by atoms with Crippen LogP contribution in [0.4, 0.5) is 24.7 Å². The van der Waals surface area contributed by atoms with Crippen LogP contribution in [0.5, 0.6) is 5.75 Å². The Bertz CT molecular complexity index is 1030. The van der Waals surface area contributed by atoms with Crippen LogP contribution in [0.3, 0.4) is 0 Å². The molecule has 0 fully saturated rings. The van der Waals surface area contributed by atoms with Crippen molar-refractivity contribution < 1.29 is 17.9 Å². The van der Waals surface area contributed by atoms with E-state index in [-0.39, 0.29) is 39.8 Å². The van der Waals surface area contributed by atoms with Gasteiger partial charge in [-0.3, -0.25) is 4.68 Å². The van der Waals surface area contributed by atoms with E-state index in [1.165, 1.54) is 23.0 Å². The minimum atomic E-state index is -2.97. The number of aryl methyl sites for hydroxylation is 1. The molecule has 1 heterocycles. The van der Waals surface area contributed by atoms with E-state index in [2.05, 4.69) is 20.5 Å². The van der Waals surface area contributed by atoms with E-state index >= 15 is 0 Å². The third kappa shape index (κ3) is 5.61. The van der Waals surface area contributed by atoms with Crippen LogP contribution in [0.1, 0.15) is 11.1 Å². The zero-order chi connectivity index (χ0) is 21.0. The third-order valence-corrected chi connectivity index (χ3v) is 4.32. The van der Waals surface area contributed by atoms with E-state index in [9.17, 15) is 13.2 Å². The summed E-state index contributed by atoms with van der Waals surface area (Å²) in [6.07, 6.45) is 1.52. The minimum absolute atomic E-state index is 0.0414.